The van der Waals surface area contributed by atoms with E-state index in [1.165, 1.54) is 32.0 Å². The number of carbonyl (C=O) groups is 1. The first-order chi connectivity index (χ1) is 7.26. The number of phenolic OH excluding ortho intramolecular Hbond substituents is 2. The second kappa shape index (κ2) is 4.02. The zero-order chi connectivity index (χ0) is 12.5. The molecular formula is C11H14O5. The molecule has 16 heavy (non-hydrogen) atoms. The number of hydrogen-bond acceptors (Lipinski definition) is 4. The number of carboxylic acids is 1. The van der Waals surface area contributed by atoms with E-state index >= 15 is 0 Å². The molecule has 0 spiro atoms. The number of aliphatic hydroxyl groups excluding tert-OH is 1. The largest absolute Gasteiger partial charge is 0.508 e. The Balaban J connectivity index is 3.25. The van der Waals surface area contributed by atoms with Crippen LogP contribution >= 0.6 is 0 Å². The van der Waals surface area contributed by atoms with Gasteiger partial charge in [-0.2, -0.15) is 0 Å². The molecular weight excluding hydrogens is 212 g/mol. The van der Waals surface area contributed by atoms with E-state index in [0.29, 0.717) is 0 Å². The molecule has 0 aromatic heterocycles. The Morgan fingerprint density at radius 1 is 1.31 bits per heavy atom. The maximum Gasteiger partial charge on any atom is 0.333 e. The number of rotatable bonds is 3. The maximum atomic E-state index is 10.7. The zero-order valence-electron chi connectivity index (χ0n) is 9.01. The third kappa shape index (κ3) is 2.09. The lowest BCUT2D eigenvalue weighted by atomic mass is 9.78. The molecule has 1 aromatic rings. The van der Waals surface area contributed by atoms with Gasteiger partial charge in [0.15, 0.2) is 6.10 Å². The molecule has 0 radical (unpaired) electrons. The highest BCUT2D eigenvalue weighted by molar-refractivity contribution is 5.74. The molecule has 1 atom stereocenters. The van der Waals surface area contributed by atoms with Crippen molar-refractivity contribution in [1.82, 2.24) is 0 Å². The summed E-state index contributed by atoms with van der Waals surface area (Å²) >= 11 is 0. The van der Waals surface area contributed by atoms with Gasteiger partial charge in [0, 0.05) is 11.0 Å². The van der Waals surface area contributed by atoms with Gasteiger partial charge in [-0.25, -0.2) is 4.79 Å². The molecule has 88 valence electrons. The molecule has 0 saturated carbocycles. The van der Waals surface area contributed by atoms with Crippen molar-refractivity contribution in [2.45, 2.75) is 25.4 Å². The molecule has 0 aliphatic heterocycles. The van der Waals surface area contributed by atoms with Crippen LogP contribution in [-0.4, -0.2) is 32.5 Å². The number of phenols is 2. The third-order valence-corrected chi connectivity index (χ3v) is 2.59. The van der Waals surface area contributed by atoms with Crippen molar-refractivity contribution in [3.8, 4) is 11.5 Å². The predicted octanol–water partition coefficient (Wildman–Crippen LogP) is 0.821. The minimum atomic E-state index is -1.67. The normalized spacial score (nSPS) is 13.4. The van der Waals surface area contributed by atoms with Crippen LogP contribution in [0.4, 0.5) is 0 Å². The zero-order valence-corrected chi connectivity index (χ0v) is 9.01. The van der Waals surface area contributed by atoms with Gasteiger partial charge in [-0.3, -0.25) is 0 Å². The monoisotopic (exact) mass is 226 g/mol. The standard InChI is InChI=1S/C11H14O5/c1-11(2,9(14)10(15)16)7-5-6(12)3-4-8(7)13/h3-5,9,12-14H,1-2H3,(H,15,16). The van der Waals surface area contributed by atoms with Crippen molar-refractivity contribution in [2.75, 3.05) is 0 Å². The highest BCUT2D eigenvalue weighted by Gasteiger charge is 2.37. The van der Waals surface area contributed by atoms with Crippen molar-refractivity contribution < 1.29 is 25.2 Å². The van der Waals surface area contributed by atoms with Gasteiger partial charge in [-0.05, 0) is 18.2 Å². The first kappa shape index (κ1) is 12.3. The Hall–Kier alpha value is -1.75. The van der Waals surface area contributed by atoms with Gasteiger partial charge in [-0.15, -0.1) is 0 Å². The van der Waals surface area contributed by atoms with Gasteiger partial charge >= 0.3 is 5.97 Å². The van der Waals surface area contributed by atoms with Gasteiger partial charge in [0.25, 0.3) is 0 Å². The van der Waals surface area contributed by atoms with Crippen LogP contribution in [0.2, 0.25) is 0 Å². The van der Waals surface area contributed by atoms with E-state index in [1.54, 1.807) is 0 Å². The molecule has 0 fully saturated rings. The molecule has 0 bridgehead atoms. The molecule has 0 heterocycles. The third-order valence-electron chi connectivity index (χ3n) is 2.59. The summed E-state index contributed by atoms with van der Waals surface area (Å²) in [6.07, 6.45) is -1.67. The van der Waals surface area contributed by atoms with E-state index in [9.17, 15) is 20.1 Å². The molecule has 1 rings (SSSR count). The second-order valence-electron chi connectivity index (χ2n) is 4.16. The highest BCUT2D eigenvalue weighted by Crippen LogP contribution is 2.36. The Kier molecular flexibility index (Phi) is 3.09. The summed E-state index contributed by atoms with van der Waals surface area (Å²) in [7, 11) is 0. The average molecular weight is 226 g/mol. The first-order valence-corrected chi connectivity index (χ1v) is 4.70. The van der Waals surface area contributed by atoms with Crippen LogP contribution in [0.3, 0.4) is 0 Å². The van der Waals surface area contributed by atoms with Gasteiger partial charge in [-0.1, -0.05) is 13.8 Å². The average Bonchev–Trinajstić information content (AvgIpc) is 2.20. The summed E-state index contributed by atoms with van der Waals surface area (Å²) in [6, 6.07) is 3.77. The topological polar surface area (TPSA) is 98.0 Å². The summed E-state index contributed by atoms with van der Waals surface area (Å²) < 4.78 is 0. The van der Waals surface area contributed by atoms with E-state index in [-0.39, 0.29) is 17.1 Å². The van der Waals surface area contributed by atoms with Crippen LogP contribution in [-0.2, 0) is 10.2 Å². The number of benzene rings is 1. The lowest BCUT2D eigenvalue weighted by molar-refractivity contribution is -0.150. The lowest BCUT2D eigenvalue weighted by Crippen LogP contribution is -2.39. The molecule has 0 saturated heterocycles. The fourth-order valence-electron chi connectivity index (χ4n) is 1.50. The van der Waals surface area contributed by atoms with Crippen LogP contribution in [0.15, 0.2) is 18.2 Å². The highest BCUT2D eigenvalue weighted by atomic mass is 16.4. The molecule has 0 amide bonds. The number of aliphatic carboxylic acids is 1. The number of aliphatic hydroxyl groups is 1. The van der Waals surface area contributed by atoms with Crippen LogP contribution < -0.4 is 0 Å². The van der Waals surface area contributed by atoms with E-state index in [4.69, 9.17) is 5.11 Å². The van der Waals surface area contributed by atoms with E-state index in [2.05, 4.69) is 0 Å². The Bertz CT molecular complexity index is 411. The second-order valence-corrected chi connectivity index (χ2v) is 4.16. The maximum absolute atomic E-state index is 10.7. The number of hydrogen-bond donors (Lipinski definition) is 4. The molecule has 1 unspecified atom stereocenters. The summed E-state index contributed by atoms with van der Waals surface area (Å²) in [6.45, 7) is 2.94. The quantitative estimate of drug-likeness (QED) is 0.572. The molecule has 5 nitrogen and oxygen atoms in total. The number of aromatic hydroxyl groups is 2. The SMILES string of the molecule is CC(C)(c1cc(O)ccc1O)C(O)C(=O)O. The fraction of sp³-hybridized carbons (Fsp3) is 0.364. The molecule has 0 aliphatic rings. The predicted molar refractivity (Wildman–Crippen MR) is 56.4 cm³/mol. The summed E-state index contributed by atoms with van der Waals surface area (Å²) in [4.78, 5) is 10.7. The Labute approximate surface area is 92.6 Å². The minimum Gasteiger partial charge on any atom is -0.508 e. The smallest absolute Gasteiger partial charge is 0.333 e. The van der Waals surface area contributed by atoms with Crippen LogP contribution in [0.5, 0.6) is 11.5 Å². The van der Waals surface area contributed by atoms with Gasteiger partial charge < -0.3 is 20.4 Å². The van der Waals surface area contributed by atoms with Crippen molar-refractivity contribution in [1.29, 1.82) is 0 Å². The molecule has 1 aromatic carbocycles. The van der Waals surface area contributed by atoms with Crippen molar-refractivity contribution in [3.05, 3.63) is 23.8 Å². The lowest BCUT2D eigenvalue weighted by Gasteiger charge is -2.28. The van der Waals surface area contributed by atoms with E-state index < -0.39 is 17.5 Å². The van der Waals surface area contributed by atoms with Crippen molar-refractivity contribution in [2.24, 2.45) is 0 Å². The Morgan fingerprint density at radius 3 is 2.38 bits per heavy atom. The van der Waals surface area contributed by atoms with E-state index in [0.717, 1.165) is 0 Å². The fourth-order valence-corrected chi connectivity index (χ4v) is 1.50. The van der Waals surface area contributed by atoms with Gasteiger partial charge in [0.1, 0.15) is 11.5 Å². The first-order valence-electron chi connectivity index (χ1n) is 4.70. The van der Waals surface area contributed by atoms with Gasteiger partial charge in [0.05, 0.1) is 0 Å². The van der Waals surface area contributed by atoms with Gasteiger partial charge in [0.2, 0.25) is 0 Å². The number of carboxylic acid groups (broad SMARTS) is 1. The molecule has 4 N–H and O–H groups in total. The summed E-state index contributed by atoms with van der Waals surface area (Å²) in [5, 5.41) is 37.1. The Morgan fingerprint density at radius 2 is 1.88 bits per heavy atom. The summed E-state index contributed by atoms with van der Waals surface area (Å²) in [5.74, 6) is -1.64. The molecule has 0 aliphatic carbocycles. The van der Waals surface area contributed by atoms with E-state index in [1.807, 2.05) is 0 Å². The minimum absolute atomic E-state index is 0.0986. The van der Waals surface area contributed by atoms with Crippen molar-refractivity contribution in [3.63, 3.8) is 0 Å². The van der Waals surface area contributed by atoms with Crippen molar-refractivity contribution >= 4 is 5.97 Å². The van der Waals surface area contributed by atoms with Crippen LogP contribution in [0.25, 0.3) is 0 Å². The van der Waals surface area contributed by atoms with Crippen LogP contribution in [0, 0.1) is 0 Å². The molecule has 5 heteroatoms. The van der Waals surface area contributed by atoms with Crippen LogP contribution in [0.1, 0.15) is 19.4 Å². The summed E-state index contributed by atoms with van der Waals surface area (Å²) in [5.41, 5.74) is -1.02.